The van der Waals surface area contributed by atoms with Crippen molar-refractivity contribution in [2.45, 2.75) is 19.6 Å². The van der Waals surface area contributed by atoms with Crippen LogP contribution in [0.3, 0.4) is 0 Å². The predicted octanol–water partition coefficient (Wildman–Crippen LogP) is 6.95. The first-order valence-corrected chi connectivity index (χ1v) is 14.2. The zero-order chi connectivity index (χ0) is 28.0. The monoisotopic (exact) mass is 556 g/mol. The van der Waals surface area contributed by atoms with E-state index < -0.39 is 0 Å². The number of nitrogens with one attached hydrogen (secondary N) is 1. The van der Waals surface area contributed by atoms with Crippen LogP contribution in [0.15, 0.2) is 131 Å². The zero-order valence-electron chi connectivity index (χ0n) is 22.3. The average molecular weight is 557 g/mol. The molecular weight excluding hydrogens is 528 g/mol. The van der Waals surface area contributed by atoms with E-state index in [1.807, 2.05) is 132 Å². The first kappa shape index (κ1) is 26.3. The van der Waals surface area contributed by atoms with Gasteiger partial charge in [0.25, 0.3) is 5.91 Å². The Morgan fingerprint density at radius 2 is 1.44 bits per heavy atom. The van der Waals surface area contributed by atoms with Gasteiger partial charge in [-0.3, -0.25) is 19.5 Å². The van der Waals surface area contributed by atoms with Crippen molar-refractivity contribution < 1.29 is 9.59 Å². The molecule has 0 spiro atoms. The molecule has 41 heavy (non-hydrogen) atoms. The molecule has 1 aliphatic rings. The topological polar surface area (TPSA) is 66.7 Å². The minimum absolute atomic E-state index is 0.0793. The highest BCUT2D eigenvalue weighted by molar-refractivity contribution is 8.18. The lowest BCUT2D eigenvalue weighted by Gasteiger charge is -2.15. The molecule has 1 aromatic heterocycles. The highest BCUT2D eigenvalue weighted by Crippen LogP contribution is 2.35. The Morgan fingerprint density at radius 1 is 0.805 bits per heavy atom. The van der Waals surface area contributed by atoms with Gasteiger partial charge in [0.2, 0.25) is 5.91 Å². The van der Waals surface area contributed by atoms with E-state index in [1.54, 1.807) is 4.90 Å². The minimum Gasteiger partial charge on any atom is -0.337 e. The summed E-state index contributed by atoms with van der Waals surface area (Å²) in [6.45, 7) is 1.09. The Balaban J connectivity index is 1.30. The Morgan fingerprint density at radius 3 is 2.17 bits per heavy atom. The van der Waals surface area contributed by atoms with E-state index in [-0.39, 0.29) is 18.4 Å². The number of thioether (sulfide) groups is 1. The quantitative estimate of drug-likeness (QED) is 0.210. The third-order valence-corrected chi connectivity index (χ3v) is 7.83. The number of aromatic nitrogens is 1. The van der Waals surface area contributed by atoms with Crippen molar-refractivity contribution >= 4 is 51.4 Å². The molecule has 5 aromatic rings. The molecule has 4 aromatic carbocycles. The number of rotatable bonds is 8. The van der Waals surface area contributed by atoms with Gasteiger partial charge in [0, 0.05) is 28.4 Å². The lowest BCUT2D eigenvalue weighted by Crippen LogP contribution is -2.28. The summed E-state index contributed by atoms with van der Waals surface area (Å²) >= 11 is 1.39. The third-order valence-electron chi connectivity index (χ3n) is 6.79. The van der Waals surface area contributed by atoms with Crippen LogP contribution in [0.2, 0.25) is 0 Å². The molecule has 0 unspecified atom stereocenters. The first-order valence-electron chi connectivity index (χ1n) is 13.4. The fourth-order valence-electron chi connectivity index (χ4n) is 4.81. The van der Waals surface area contributed by atoms with Gasteiger partial charge in [0.05, 0.1) is 18.0 Å². The molecule has 1 aliphatic heterocycles. The molecule has 1 N–H and O–H groups in total. The van der Waals surface area contributed by atoms with Gasteiger partial charge in [-0.05, 0) is 47.2 Å². The molecule has 7 heteroatoms. The predicted molar refractivity (Wildman–Crippen MR) is 167 cm³/mol. The third kappa shape index (κ3) is 6.15. The number of benzene rings is 4. The molecule has 2 amide bonds. The van der Waals surface area contributed by atoms with Crippen molar-refractivity contribution in [2.24, 2.45) is 4.99 Å². The van der Waals surface area contributed by atoms with Gasteiger partial charge in [-0.1, -0.05) is 97.1 Å². The second-order valence-electron chi connectivity index (χ2n) is 9.72. The highest BCUT2D eigenvalue weighted by atomic mass is 32.2. The standard InChI is InChI=1S/C34H28N4O2S/c39-32(36-28-16-8-3-9-17-28)24-37-23-27(29-18-10-11-19-30(29)37)20-31-33(40)38(22-26-14-6-2-7-15-26)34(41-31)35-21-25-12-4-1-5-13-25/h1-20,23H,21-22,24H2,(H,36,39)/b31-20+,35-34?. The van der Waals surface area contributed by atoms with Crippen molar-refractivity contribution in [3.8, 4) is 0 Å². The molecule has 2 heterocycles. The van der Waals surface area contributed by atoms with E-state index >= 15 is 0 Å². The number of hydrogen-bond acceptors (Lipinski definition) is 4. The second-order valence-corrected chi connectivity index (χ2v) is 10.7. The molecule has 0 saturated carbocycles. The van der Waals surface area contributed by atoms with E-state index in [4.69, 9.17) is 4.99 Å². The highest BCUT2D eigenvalue weighted by Gasteiger charge is 2.33. The number of anilines is 1. The summed E-state index contributed by atoms with van der Waals surface area (Å²) in [5.41, 5.74) is 4.69. The number of nitrogens with zero attached hydrogens (tertiary/aromatic N) is 3. The number of carbonyl (C=O) groups is 2. The van der Waals surface area contributed by atoms with Gasteiger partial charge in [0.1, 0.15) is 6.54 Å². The number of hydrogen-bond donors (Lipinski definition) is 1. The van der Waals surface area contributed by atoms with Gasteiger partial charge < -0.3 is 9.88 Å². The summed E-state index contributed by atoms with van der Waals surface area (Å²) in [6.07, 6.45) is 3.86. The molecule has 1 fully saturated rings. The lowest BCUT2D eigenvalue weighted by atomic mass is 10.1. The van der Waals surface area contributed by atoms with E-state index in [9.17, 15) is 9.59 Å². The molecule has 202 valence electrons. The molecule has 1 saturated heterocycles. The van der Waals surface area contributed by atoms with Crippen molar-refractivity contribution in [3.05, 3.63) is 143 Å². The van der Waals surface area contributed by atoms with Crippen LogP contribution in [0.25, 0.3) is 17.0 Å². The molecule has 6 rings (SSSR count). The van der Waals surface area contributed by atoms with Gasteiger partial charge in [-0.15, -0.1) is 0 Å². The minimum atomic E-state index is -0.119. The maximum atomic E-state index is 13.7. The van der Waals surface area contributed by atoms with Crippen LogP contribution >= 0.6 is 11.8 Å². The van der Waals surface area contributed by atoms with Crippen LogP contribution in [-0.4, -0.2) is 26.4 Å². The SMILES string of the molecule is O=C(Cn1cc(/C=C2/SC(=NCc3ccccc3)N(Cc3ccccc3)C2=O)c2ccccc21)Nc1ccccc1. The van der Waals surface area contributed by atoms with Crippen LogP contribution in [0.1, 0.15) is 16.7 Å². The molecule has 0 aliphatic carbocycles. The first-order chi connectivity index (χ1) is 20.1. The molecule has 0 atom stereocenters. The van der Waals surface area contributed by atoms with E-state index in [0.717, 1.165) is 33.3 Å². The summed E-state index contributed by atoms with van der Waals surface area (Å²) in [4.78, 5) is 33.8. The molecular formula is C34H28N4O2S. The second kappa shape index (κ2) is 12.1. The normalized spacial score (nSPS) is 15.2. The van der Waals surface area contributed by atoms with Gasteiger partial charge in [-0.2, -0.15) is 0 Å². The molecule has 0 bridgehead atoms. The fourth-order valence-corrected chi connectivity index (χ4v) is 5.78. The maximum Gasteiger partial charge on any atom is 0.267 e. The Labute approximate surface area is 243 Å². The Kier molecular flexibility index (Phi) is 7.78. The van der Waals surface area contributed by atoms with Crippen LogP contribution in [0.4, 0.5) is 5.69 Å². The summed E-state index contributed by atoms with van der Waals surface area (Å²) in [5, 5.41) is 4.61. The molecule has 0 radical (unpaired) electrons. The number of para-hydroxylation sites is 2. The van der Waals surface area contributed by atoms with Crippen molar-refractivity contribution in [3.63, 3.8) is 0 Å². The number of aliphatic imine (C=N–C) groups is 1. The van der Waals surface area contributed by atoms with Gasteiger partial charge >= 0.3 is 0 Å². The summed E-state index contributed by atoms with van der Waals surface area (Å²) < 4.78 is 1.93. The smallest absolute Gasteiger partial charge is 0.267 e. The Bertz CT molecular complexity index is 1750. The van der Waals surface area contributed by atoms with Crippen LogP contribution in [0.5, 0.6) is 0 Å². The van der Waals surface area contributed by atoms with E-state index in [0.29, 0.717) is 23.2 Å². The summed E-state index contributed by atoms with van der Waals surface area (Å²) in [7, 11) is 0. The number of fused-ring (bicyclic) bond motifs is 1. The van der Waals surface area contributed by atoms with Gasteiger partial charge in [-0.25, -0.2) is 0 Å². The molecule has 6 nitrogen and oxygen atoms in total. The van der Waals surface area contributed by atoms with Crippen molar-refractivity contribution in [1.29, 1.82) is 0 Å². The van der Waals surface area contributed by atoms with Crippen LogP contribution < -0.4 is 5.32 Å². The van der Waals surface area contributed by atoms with E-state index in [2.05, 4.69) is 5.32 Å². The average Bonchev–Trinajstić information content (AvgIpc) is 3.50. The van der Waals surface area contributed by atoms with Crippen LogP contribution in [0, 0.1) is 0 Å². The number of carbonyl (C=O) groups excluding carboxylic acids is 2. The largest absolute Gasteiger partial charge is 0.337 e. The summed E-state index contributed by atoms with van der Waals surface area (Å²) in [5.74, 6) is -0.198. The van der Waals surface area contributed by atoms with E-state index in [1.165, 1.54) is 11.8 Å². The van der Waals surface area contributed by atoms with Crippen molar-refractivity contribution in [1.82, 2.24) is 9.47 Å². The zero-order valence-corrected chi connectivity index (χ0v) is 23.1. The lowest BCUT2D eigenvalue weighted by molar-refractivity contribution is -0.122. The van der Waals surface area contributed by atoms with Crippen molar-refractivity contribution in [2.75, 3.05) is 5.32 Å². The summed E-state index contributed by atoms with van der Waals surface area (Å²) in [6, 6.07) is 37.3. The number of amides is 2. The fraction of sp³-hybridized carbons (Fsp3) is 0.0882. The van der Waals surface area contributed by atoms with Gasteiger partial charge in [0.15, 0.2) is 5.17 Å². The number of amidine groups is 1. The maximum absolute atomic E-state index is 13.7. The Hall–Kier alpha value is -4.88. The van der Waals surface area contributed by atoms with Crippen LogP contribution in [-0.2, 0) is 29.2 Å².